The summed E-state index contributed by atoms with van der Waals surface area (Å²) in [5.74, 6) is 2.78. The van der Waals surface area contributed by atoms with Crippen molar-refractivity contribution in [3.8, 4) is 0 Å². The van der Waals surface area contributed by atoms with Gasteiger partial charge in [0.2, 0.25) is 0 Å². The minimum Gasteiger partial charge on any atom is -0.317 e. The zero-order valence-electron chi connectivity index (χ0n) is 11.7. The van der Waals surface area contributed by atoms with Gasteiger partial charge in [0.25, 0.3) is 0 Å². The molecule has 0 spiro atoms. The molecule has 1 aromatic rings. The van der Waals surface area contributed by atoms with Gasteiger partial charge in [-0.2, -0.15) is 0 Å². The summed E-state index contributed by atoms with van der Waals surface area (Å²) in [5.41, 5.74) is 1.11. The van der Waals surface area contributed by atoms with E-state index in [0.717, 1.165) is 29.7 Å². The summed E-state index contributed by atoms with van der Waals surface area (Å²) in [4.78, 5) is 0. The van der Waals surface area contributed by atoms with Crippen molar-refractivity contribution in [1.82, 2.24) is 5.32 Å². The standard InChI is InChI=1S/C17H24FN/c1-19-17(10-12-3-2-4-16(18)9-12)11-15-8-13-5-6-14(15)7-13/h2-4,9,13-15,17,19H,5-8,10-11H2,1H3. The van der Waals surface area contributed by atoms with Crippen LogP contribution in [0, 0.1) is 23.6 Å². The Bertz CT molecular complexity index is 431. The molecule has 0 saturated heterocycles. The van der Waals surface area contributed by atoms with Crippen LogP contribution in [0.3, 0.4) is 0 Å². The molecule has 0 radical (unpaired) electrons. The average Bonchev–Trinajstić information content (AvgIpc) is 3.00. The molecule has 2 heteroatoms. The Balaban J connectivity index is 1.59. The predicted octanol–water partition coefficient (Wildman–Crippen LogP) is 3.78. The monoisotopic (exact) mass is 261 g/mol. The molecule has 0 heterocycles. The molecule has 2 aliphatic carbocycles. The van der Waals surface area contributed by atoms with E-state index in [1.807, 2.05) is 19.2 Å². The third-order valence-electron chi connectivity index (χ3n) is 5.25. The van der Waals surface area contributed by atoms with Crippen LogP contribution in [0.2, 0.25) is 0 Å². The summed E-state index contributed by atoms with van der Waals surface area (Å²) in [6, 6.07) is 7.54. The van der Waals surface area contributed by atoms with Crippen LogP contribution < -0.4 is 5.32 Å². The molecule has 1 N–H and O–H groups in total. The molecule has 1 nitrogen and oxygen atoms in total. The second-order valence-corrected chi connectivity index (χ2v) is 6.49. The SMILES string of the molecule is CNC(Cc1cccc(F)c1)CC1CC2CCC1C2. The third kappa shape index (κ3) is 3.00. The first kappa shape index (κ1) is 13.1. The Morgan fingerprint density at radius 1 is 1.32 bits per heavy atom. The number of benzene rings is 1. The van der Waals surface area contributed by atoms with E-state index in [-0.39, 0.29) is 5.82 Å². The van der Waals surface area contributed by atoms with Crippen molar-refractivity contribution in [3.05, 3.63) is 35.6 Å². The third-order valence-corrected chi connectivity index (χ3v) is 5.25. The van der Waals surface area contributed by atoms with Crippen molar-refractivity contribution in [1.29, 1.82) is 0 Å². The average molecular weight is 261 g/mol. The highest BCUT2D eigenvalue weighted by atomic mass is 19.1. The van der Waals surface area contributed by atoms with E-state index in [9.17, 15) is 4.39 Å². The van der Waals surface area contributed by atoms with Gasteiger partial charge in [-0.15, -0.1) is 0 Å². The van der Waals surface area contributed by atoms with Crippen molar-refractivity contribution in [2.24, 2.45) is 17.8 Å². The predicted molar refractivity (Wildman–Crippen MR) is 76.5 cm³/mol. The Morgan fingerprint density at radius 3 is 2.84 bits per heavy atom. The van der Waals surface area contributed by atoms with Gasteiger partial charge in [-0.25, -0.2) is 4.39 Å². The van der Waals surface area contributed by atoms with E-state index in [1.54, 1.807) is 6.07 Å². The lowest BCUT2D eigenvalue weighted by Gasteiger charge is -2.26. The zero-order chi connectivity index (χ0) is 13.2. The molecular formula is C17H24FN. The van der Waals surface area contributed by atoms with Crippen LogP contribution in [-0.2, 0) is 6.42 Å². The first-order valence-electron chi connectivity index (χ1n) is 7.66. The van der Waals surface area contributed by atoms with Crippen molar-refractivity contribution in [3.63, 3.8) is 0 Å². The number of fused-ring (bicyclic) bond motifs is 2. The summed E-state index contributed by atoms with van der Waals surface area (Å²) in [6.07, 6.45) is 8.03. The highest BCUT2D eigenvalue weighted by Gasteiger charge is 2.39. The van der Waals surface area contributed by atoms with Crippen LogP contribution in [-0.4, -0.2) is 13.1 Å². The van der Waals surface area contributed by atoms with Crippen molar-refractivity contribution >= 4 is 0 Å². The second kappa shape index (κ2) is 5.62. The first-order chi connectivity index (χ1) is 9.24. The Morgan fingerprint density at radius 2 is 2.21 bits per heavy atom. The molecule has 2 saturated carbocycles. The van der Waals surface area contributed by atoms with Gasteiger partial charge >= 0.3 is 0 Å². The van der Waals surface area contributed by atoms with Crippen LogP contribution in [0.15, 0.2) is 24.3 Å². The van der Waals surface area contributed by atoms with Crippen LogP contribution in [0.5, 0.6) is 0 Å². The fourth-order valence-corrected chi connectivity index (χ4v) is 4.28. The summed E-state index contributed by atoms with van der Waals surface area (Å²) >= 11 is 0. The molecule has 1 aromatic carbocycles. The highest BCUT2D eigenvalue weighted by Crippen LogP contribution is 2.49. The van der Waals surface area contributed by atoms with Gasteiger partial charge in [0.1, 0.15) is 5.82 Å². The minimum atomic E-state index is -0.118. The lowest BCUT2D eigenvalue weighted by atomic mass is 9.83. The van der Waals surface area contributed by atoms with Crippen molar-refractivity contribution in [2.45, 2.75) is 44.6 Å². The lowest BCUT2D eigenvalue weighted by molar-refractivity contribution is 0.281. The van der Waals surface area contributed by atoms with Gasteiger partial charge in [-0.1, -0.05) is 18.6 Å². The van der Waals surface area contributed by atoms with E-state index in [0.29, 0.717) is 6.04 Å². The van der Waals surface area contributed by atoms with Gasteiger partial charge in [0.05, 0.1) is 0 Å². The molecule has 2 aliphatic rings. The maximum absolute atomic E-state index is 13.2. The minimum absolute atomic E-state index is 0.118. The maximum Gasteiger partial charge on any atom is 0.123 e. The Hall–Kier alpha value is -0.890. The molecular weight excluding hydrogens is 237 g/mol. The molecule has 2 bridgehead atoms. The number of hydrogen-bond donors (Lipinski definition) is 1. The van der Waals surface area contributed by atoms with Crippen LogP contribution in [0.25, 0.3) is 0 Å². The summed E-state index contributed by atoms with van der Waals surface area (Å²) in [6.45, 7) is 0. The number of nitrogens with one attached hydrogen (secondary N) is 1. The van der Waals surface area contributed by atoms with Crippen molar-refractivity contribution in [2.75, 3.05) is 7.05 Å². The summed E-state index contributed by atoms with van der Waals surface area (Å²) < 4.78 is 13.2. The van der Waals surface area contributed by atoms with E-state index < -0.39 is 0 Å². The van der Waals surface area contributed by atoms with E-state index >= 15 is 0 Å². The topological polar surface area (TPSA) is 12.0 Å². The smallest absolute Gasteiger partial charge is 0.123 e. The highest BCUT2D eigenvalue weighted by molar-refractivity contribution is 5.17. The van der Waals surface area contributed by atoms with Crippen LogP contribution in [0.1, 0.15) is 37.7 Å². The number of rotatable bonds is 5. The Kier molecular flexibility index (Phi) is 3.88. The molecule has 104 valence electrons. The molecule has 0 amide bonds. The van der Waals surface area contributed by atoms with E-state index in [4.69, 9.17) is 0 Å². The van der Waals surface area contributed by atoms with Crippen molar-refractivity contribution < 1.29 is 4.39 Å². The van der Waals surface area contributed by atoms with E-state index in [2.05, 4.69) is 5.32 Å². The largest absolute Gasteiger partial charge is 0.317 e. The fourth-order valence-electron chi connectivity index (χ4n) is 4.28. The number of hydrogen-bond acceptors (Lipinski definition) is 1. The second-order valence-electron chi connectivity index (χ2n) is 6.49. The maximum atomic E-state index is 13.2. The molecule has 0 aromatic heterocycles. The fraction of sp³-hybridized carbons (Fsp3) is 0.647. The molecule has 19 heavy (non-hydrogen) atoms. The lowest BCUT2D eigenvalue weighted by Crippen LogP contribution is -2.31. The summed E-state index contributed by atoms with van der Waals surface area (Å²) in [7, 11) is 2.04. The molecule has 3 rings (SSSR count). The molecule has 0 aliphatic heterocycles. The van der Waals surface area contributed by atoms with Crippen LogP contribution >= 0.6 is 0 Å². The zero-order valence-corrected chi connectivity index (χ0v) is 11.7. The van der Waals surface area contributed by atoms with Gasteiger partial charge in [-0.3, -0.25) is 0 Å². The van der Waals surface area contributed by atoms with Gasteiger partial charge < -0.3 is 5.32 Å². The van der Waals surface area contributed by atoms with E-state index in [1.165, 1.54) is 38.2 Å². The van der Waals surface area contributed by atoms with Gasteiger partial charge in [0, 0.05) is 6.04 Å². The first-order valence-corrected chi connectivity index (χ1v) is 7.66. The van der Waals surface area contributed by atoms with Crippen LogP contribution in [0.4, 0.5) is 4.39 Å². The number of halogens is 1. The molecule has 4 atom stereocenters. The number of likely N-dealkylation sites (N-methyl/N-ethyl adjacent to an activating group) is 1. The Labute approximate surface area is 115 Å². The van der Waals surface area contributed by atoms with Gasteiger partial charge in [-0.05, 0) is 74.6 Å². The quantitative estimate of drug-likeness (QED) is 0.850. The van der Waals surface area contributed by atoms with Gasteiger partial charge in [0.15, 0.2) is 0 Å². The molecule has 4 unspecified atom stereocenters. The molecule has 2 fully saturated rings. The normalized spacial score (nSPS) is 30.7. The summed E-state index contributed by atoms with van der Waals surface area (Å²) in [5, 5.41) is 3.43.